The predicted molar refractivity (Wildman–Crippen MR) is 94.9 cm³/mol. The molecule has 0 radical (unpaired) electrons. The highest BCUT2D eigenvalue weighted by molar-refractivity contribution is 6.29. The lowest BCUT2D eigenvalue weighted by Gasteiger charge is -2.26. The number of anilines is 1. The number of aryl methyl sites for hydroxylation is 1. The van der Waals surface area contributed by atoms with Crippen LogP contribution in [0.5, 0.6) is 0 Å². The number of fused-ring (bicyclic) bond motifs is 2. The van der Waals surface area contributed by atoms with Crippen LogP contribution in [0.3, 0.4) is 0 Å². The number of hydrogen-bond donors (Lipinski definition) is 2. The summed E-state index contributed by atoms with van der Waals surface area (Å²) in [5, 5.41) is 9.18. The van der Waals surface area contributed by atoms with Gasteiger partial charge in [0.05, 0.1) is 17.6 Å². The van der Waals surface area contributed by atoms with Gasteiger partial charge in [0.15, 0.2) is 0 Å². The number of nitrogens with one attached hydrogen (secondary N) is 2. The summed E-state index contributed by atoms with van der Waals surface area (Å²) >= 11 is 5.88. The van der Waals surface area contributed by atoms with Gasteiger partial charge in [-0.3, -0.25) is 15.6 Å². The second-order valence-corrected chi connectivity index (χ2v) is 7.10. The van der Waals surface area contributed by atoms with Crippen LogP contribution in [0, 0.1) is 17.2 Å². The Labute approximate surface area is 151 Å². The zero-order chi connectivity index (χ0) is 17.4. The van der Waals surface area contributed by atoms with Gasteiger partial charge in [-0.25, -0.2) is 4.98 Å². The van der Waals surface area contributed by atoms with Crippen molar-refractivity contribution in [3.63, 3.8) is 0 Å². The lowest BCUT2D eigenvalue weighted by Crippen LogP contribution is -2.34. The van der Waals surface area contributed by atoms with Crippen LogP contribution >= 0.6 is 11.6 Å². The van der Waals surface area contributed by atoms with E-state index in [9.17, 15) is 4.79 Å². The third-order valence-electron chi connectivity index (χ3n) is 5.25. The van der Waals surface area contributed by atoms with Crippen LogP contribution < -0.4 is 10.9 Å². The number of nitrogens with zero attached hydrogens (tertiary/aromatic N) is 2. The Morgan fingerprint density at radius 1 is 1.36 bits per heavy atom. The summed E-state index contributed by atoms with van der Waals surface area (Å²) in [5.74, 6) is 0.282. The zero-order valence-electron chi connectivity index (χ0n) is 13.6. The Hall–Kier alpha value is -2.58. The maximum absolute atomic E-state index is 12.6. The number of hydrogen-bond acceptors (Lipinski definition) is 4. The quantitative estimate of drug-likeness (QED) is 0.656. The molecule has 1 aromatic carbocycles. The van der Waals surface area contributed by atoms with E-state index in [1.165, 1.54) is 17.2 Å². The Bertz CT molecular complexity index is 891. The fraction of sp³-hybridized carbons (Fsp3) is 0.316. The van der Waals surface area contributed by atoms with Gasteiger partial charge in [0.1, 0.15) is 11.0 Å². The standard InChI is InChI=1S/C19H17ClN4O/c20-16-8-12(11-21)9-17(22-16)23-24-18(25)15-10-19(15)7-3-5-13-4-1-2-6-14(13)19/h1-2,4,6,8-9,15H,3,5,7,10H2,(H,22,23)(H,24,25)/t15-,19-/m0/s1. The van der Waals surface area contributed by atoms with Crippen LogP contribution in [0.15, 0.2) is 36.4 Å². The highest BCUT2D eigenvalue weighted by Gasteiger charge is 2.60. The number of halogens is 1. The van der Waals surface area contributed by atoms with Crippen LogP contribution in [0.25, 0.3) is 0 Å². The first kappa shape index (κ1) is 15.9. The van der Waals surface area contributed by atoms with E-state index >= 15 is 0 Å². The fourth-order valence-electron chi connectivity index (χ4n) is 4.01. The summed E-state index contributed by atoms with van der Waals surface area (Å²) in [6.45, 7) is 0. The lowest BCUT2D eigenvalue weighted by atomic mass is 9.78. The van der Waals surface area contributed by atoms with Gasteiger partial charge in [-0.2, -0.15) is 5.26 Å². The Morgan fingerprint density at radius 2 is 2.20 bits per heavy atom. The summed E-state index contributed by atoms with van der Waals surface area (Å²) in [7, 11) is 0. The molecule has 1 amide bonds. The summed E-state index contributed by atoms with van der Waals surface area (Å²) in [5.41, 5.74) is 8.57. The van der Waals surface area contributed by atoms with Crippen molar-refractivity contribution in [2.45, 2.75) is 31.1 Å². The number of rotatable bonds is 3. The molecule has 2 aliphatic carbocycles. The normalized spacial score (nSPS) is 23.4. The molecule has 1 spiro atoms. The highest BCUT2D eigenvalue weighted by Crippen LogP contribution is 2.60. The molecule has 0 aliphatic heterocycles. The van der Waals surface area contributed by atoms with E-state index in [1.54, 1.807) is 6.07 Å². The summed E-state index contributed by atoms with van der Waals surface area (Å²) in [6.07, 6.45) is 4.14. The zero-order valence-corrected chi connectivity index (χ0v) is 14.3. The molecule has 25 heavy (non-hydrogen) atoms. The first-order chi connectivity index (χ1) is 12.1. The monoisotopic (exact) mass is 352 g/mol. The molecule has 4 rings (SSSR count). The Balaban J connectivity index is 1.46. The molecular weight excluding hydrogens is 336 g/mol. The van der Waals surface area contributed by atoms with E-state index in [-0.39, 0.29) is 22.4 Å². The van der Waals surface area contributed by atoms with Crippen molar-refractivity contribution in [2.75, 3.05) is 5.43 Å². The molecule has 126 valence electrons. The minimum absolute atomic E-state index is 0.0137. The van der Waals surface area contributed by atoms with Crippen LogP contribution in [-0.4, -0.2) is 10.9 Å². The van der Waals surface area contributed by atoms with Gasteiger partial charge in [-0.1, -0.05) is 35.9 Å². The van der Waals surface area contributed by atoms with Gasteiger partial charge in [0.25, 0.3) is 0 Å². The molecule has 1 fully saturated rings. The van der Waals surface area contributed by atoms with E-state index in [4.69, 9.17) is 16.9 Å². The van der Waals surface area contributed by atoms with Crippen molar-refractivity contribution < 1.29 is 4.79 Å². The van der Waals surface area contributed by atoms with Crippen molar-refractivity contribution in [3.8, 4) is 6.07 Å². The second kappa shape index (κ2) is 6.05. The number of aromatic nitrogens is 1. The molecule has 0 unspecified atom stereocenters. The molecule has 2 aliphatic rings. The molecule has 0 bridgehead atoms. The van der Waals surface area contributed by atoms with Gasteiger partial charge < -0.3 is 0 Å². The SMILES string of the molecule is N#Cc1cc(Cl)nc(NNC(=O)[C@@H]2C[C@]23CCCc2ccccc23)c1. The average molecular weight is 353 g/mol. The van der Waals surface area contributed by atoms with Crippen molar-refractivity contribution in [2.24, 2.45) is 5.92 Å². The molecule has 1 aromatic heterocycles. The first-order valence-corrected chi connectivity index (χ1v) is 8.72. The van der Waals surface area contributed by atoms with Gasteiger partial charge >= 0.3 is 0 Å². The summed E-state index contributed by atoms with van der Waals surface area (Å²) in [6, 6.07) is 13.5. The number of nitriles is 1. The fourth-order valence-corrected chi connectivity index (χ4v) is 4.22. The van der Waals surface area contributed by atoms with E-state index in [0.29, 0.717) is 11.4 Å². The van der Waals surface area contributed by atoms with Crippen molar-refractivity contribution in [3.05, 3.63) is 58.2 Å². The summed E-state index contributed by atoms with van der Waals surface area (Å²) < 4.78 is 0. The van der Waals surface area contributed by atoms with Crippen molar-refractivity contribution in [1.82, 2.24) is 10.4 Å². The van der Waals surface area contributed by atoms with E-state index in [2.05, 4.69) is 40.1 Å². The van der Waals surface area contributed by atoms with Crippen LogP contribution in [0.4, 0.5) is 5.82 Å². The molecule has 2 atom stereocenters. The summed E-state index contributed by atoms with van der Waals surface area (Å²) in [4.78, 5) is 16.7. The number of amides is 1. The molecule has 1 heterocycles. The molecule has 5 nitrogen and oxygen atoms in total. The molecule has 6 heteroatoms. The number of carbonyl (C=O) groups is 1. The minimum Gasteiger partial charge on any atom is -0.282 e. The number of benzene rings is 1. The predicted octanol–water partition coefficient (Wildman–Crippen LogP) is 3.34. The Kier molecular flexibility index (Phi) is 3.85. The topological polar surface area (TPSA) is 77.8 Å². The lowest BCUT2D eigenvalue weighted by molar-refractivity contribution is -0.122. The molecule has 2 N–H and O–H groups in total. The maximum atomic E-state index is 12.6. The van der Waals surface area contributed by atoms with Crippen LogP contribution in [-0.2, 0) is 16.6 Å². The second-order valence-electron chi connectivity index (χ2n) is 6.71. The van der Waals surface area contributed by atoms with Gasteiger partial charge in [0.2, 0.25) is 5.91 Å². The number of hydrazine groups is 1. The highest BCUT2D eigenvalue weighted by atomic mass is 35.5. The Morgan fingerprint density at radius 3 is 3.04 bits per heavy atom. The molecule has 1 saturated carbocycles. The minimum atomic E-state index is -0.0445. The van der Waals surface area contributed by atoms with E-state index < -0.39 is 0 Å². The third kappa shape index (κ3) is 2.83. The van der Waals surface area contributed by atoms with Gasteiger partial charge in [-0.05, 0) is 42.9 Å². The largest absolute Gasteiger partial charge is 0.282 e. The number of carbonyl (C=O) groups excluding carboxylic acids is 1. The van der Waals surface area contributed by atoms with E-state index in [1.807, 2.05) is 6.07 Å². The first-order valence-electron chi connectivity index (χ1n) is 8.34. The van der Waals surface area contributed by atoms with Gasteiger partial charge in [-0.15, -0.1) is 0 Å². The van der Waals surface area contributed by atoms with Crippen molar-refractivity contribution in [1.29, 1.82) is 5.26 Å². The smallest absolute Gasteiger partial charge is 0.242 e. The third-order valence-corrected chi connectivity index (χ3v) is 5.45. The van der Waals surface area contributed by atoms with E-state index in [0.717, 1.165) is 25.7 Å². The van der Waals surface area contributed by atoms with Crippen LogP contribution in [0.2, 0.25) is 5.15 Å². The molecular formula is C19H17ClN4O. The average Bonchev–Trinajstić information content (AvgIpc) is 3.34. The van der Waals surface area contributed by atoms with Crippen LogP contribution in [0.1, 0.15) is 36.0 Å². The van der Waals surface area contributed by atoms with Crippen molar-refractivity contribution >= 4 is 23.3 Å². The molecule has 0 saturated heterocycles. The maximum Gasteiger partial charge on any atom is 0.242 e. The number of pyridine rings is 1. The molecule has 2 aromatic rings. The van der Waals surface area contributed by atoms with Gasteiger partial charge in [0, 0.05) is 11.5 Å².